The van der Waals surface area contributed by atoms with Crippen molar-refractivity contribution in [1.29, 1.82) is 0 Å². The van der Waals surface area contributed by atoms with E-state index in [1.165, 1.54) is 11.3 Å². The Kier molecular flexibility index (Phi) is 7.71. The second kappa shape index (κ2) is 10.4. The molecule has 0 saturated heterocycles. The van der Waals surface area contributed by atoms with E-state index >= 15 is 0 Å². The highest BCUT2D eigenvalue weighted by Gasteiger charge is 2.44. The fraction of sp³-hybridized carbons (Fsp3) is 0.536. The van der Waals surface area contributed by atoms with Crippen LogP contribution in [0.2, 0.25) is 0 Å². The Labute approximate surface area is 212 Å². The first-order valence-electron chi connectivity index (χ1n) is 12.5. The maximum atomic E-state index is 11.5. The van der Waals surface area contributed by atoms with Gasteiger partial charge in [0.1, 0.15) is 16.9 Å². The molecule has 0 spiro atoms. The van der Waals surface area contributed by atoms with Gasteiger partial charge in [-0.05, 0) is 65.5 Å². The molecule has 3 atom stereocenters. The normalized spacial score (nSPS) is 21.5. The summed E-state index contributed by atoms with van der Waals surface area (Å²) in [6.07, 6.45) is 2.38. The summed E-state index contributed by atoms with van der Waals surface area (Å²) >= 11 is 1.44. The first-order chi connectivity index (χ1) is 16.6. The summed E-state index contributed by atoms with van der Waals surface area (Å²) in [4.78, 5) is 4.72. The van der Waals surface area contributed by atoms with Crippen LogP contribution >= 0.6 is 11.3 Å². The second-order valence-electron chi connectivity index (χ2n) is 10.7. The third-order valence-electron chi connectivity index (χ3n) is 6.33. The molecule has 0 radical (unpaired) electrons. The average Bonchev–Trinajstić information content (AvgIpc) is 3.35. The molecule has 35 heavy (non-hydrogen) atoms. The van der Waals surface area contributed by atoms with Crippen LogP contribution in [0.1, 0.15) is 77.5 Å². The van der Waals surface area contributed by atoms with Crippen molar-refractivity contribution >= 4 is 21.6 Å². The molecule has 2 aromatic carbocycles. The van der Waals surface area contributed by atoms with Crippen molar-refractivity contribution in [2.24, 2.45) is 5.73 Å². The fourth-order valence-electron chi connectivity index (χ4n) is 4.71. The van der Waals surface area contributed by atoms with Crippen molar-refractivity contribution in [3.8, 4) is 10.9 Å². The van der Waals surface area contributed by atoms with Gasteiger partial charge in [-0.1, -0.05) is 47.7 Å². The number of hydrogen-bond donors (Lipinski definition) is 2. The van der Waals surface area contributed by atoms with Crippen molar-refractivity contribution in [1.82, 2.24) is 4.98 Å². The second-order valence-corrected chi connectivity index (χ2v) is 11.7. The van der Waals surface area contributed by atoms with Crippen LogP contribution in [-0.4, -0.2) is 33.4 Å². The summed E-state index contributed by atoms with van der Waals surface area (Å²) < 4.78 is 19.5. The van der Waals surface area contributed by atoms with Gasteiger partial charge in [0.25, 0.3) is 5.19 Å². The van der Waals surface area contributed by atoms with Gasteiger partial charge in [0, 0.05) is 18.0 Å². The molecule has 1 fully saturated rings. The average molecular weight is 499 g/mol. The largest absolute Gasteiger partial charge is 0.486 e. The van der Waals surface area contributed by atoms with E-state index in [-0.39, 0.29) is 17.7 Å². The van der Waals surface area contributed by atoms with Gasteiger partial charge < -0.3 is 25.1 Å². The summed E-state index contributed by atoms with van der Waals surface area (Å²) in [5.41, 5.74) is 8.25. The van der Waals surface area contributed by atoms with E-state index in [0.29, 0.717) is 29.5 Å². The predicted octanol–water partition coefficient (Wildman–Crippen LogP) is 6.15. The Morgan fingerprint density at radius 3 is 2.54 bits per heavy atom. The van der Waals surface area contributed by atoms with Crippen molar-refractivity contribution in [3.05, 3.63) is 53.6 Å². The quantitative estimate of drug-likeness (QED) is 0.368. The van der Waals surface area contributed by atoms with Gasteiger partial charge >= 0.3 is 0 Å². The number of nitrogens with zero attached hydrogens (tertiary/aromatic N) is 1. The van der Waals surface area contributed by atoms with Crippen LogP contribution in [0.15, 0.2) is 42.5 Å². The number of nitrogens with two attached hydrogens (primary N) is 1. The first kappa shape index (κ1) is 25.9. The lowest BCUT2D eigenvalue weighted by molar-refractivity contribution is -0.0891. The van der Waals surface area contributed by atoms with Crippen LogP contribution in [0.3, 0.4) is 0 Å². The van der Waals surface area contributed by atoms with E-state index in [1.54, 1.807) is 0 Å². The Hall–Kier alpha value is -2.19. The van der Waals surface area contributed by atoms with E-state index in [0.717, 1.165) is 35.1 Å². The molecule has 0 amide bonds. The minimum Gasteiger partial charge on any atom is -0.486 e. The van der Waals surface area contributed by atoms with E-state index in [1.807, 2.05) is 65.0 Å². The molecule has 1 saturated carbocycles. The van der Waals surface area contributed by atoms with E-state index in [4.69, 9.17) is 24.9 Å². The highest BCUT2D eigenvalue weighted by Crippen LogP contribution is 2.44. The summed E-state index contributed by atoms with van der Waals surface area (Å²) in [7, 11) is 0. The monoisotopic (exact) mass is 498 g/mol. The van der Waals surface area contributed by atoms with Crippen molar-refractivity contribution in [2.75, 3.05) is 0 Å². The molecule has 0 bridgehead atoms. The Morgan fingerprint density at radius 2 is 1.91 bits per heavy atom. The maximum Gasteiger partial charge on any atom is 0.274 e. The number of aliphatic hydroxyl groups excluding tert-OH is 1. The lowest BCUT2D eigenvalue weighted by Crippen LogP contribution is -2.47. The molecule has 1 aliphatic rings. The van der Waals surface area contributed by atoms with Gasteiger partial charge in [-0.2, -0.15) is 4.98 Å². The third kappa shape index (κ3) is 6.15. The van der Waals surface area contributed by atoms with Crippen LogP contribution in [0, 0.1) is 0 Å². The SMILES string of the molecule is CC(C)Oc1nc2c(OC(C)(C)C)ccc([C@H](O)C[C@]3(OCc4ccccc4)CCC[C@@H]3N)c2s1. The number of aromatic nitrogens is 1. The maximum absolute atomic E-state index is 11.5. The summed E-state index contributed by atoms with van der Waals surface area (Å²) in [6.45, 7) is 10.5. The summed E-state index contributed by atoms with van der Waals surface area (Å²) in [6, 6.07) is 13.8. The topological polar surface area (TPSA) is 86.8 Å². The zero-order chi connectivity index (χ0) is 25.2. The first-order valence-corrected chi connectivity index (χ1v) is 13.3. The lowest BCUT2D eigenvalue weighted by atomic mass is 9.88. The predicted molar refractivity (Wildman–Crippen MR) is 141 cm³/mol. The van der Waals surface area contributed by atoms with Crippen LogP contribution < -0.4 is 15.2 Å². The number of thiazole rings is 1. The molecule has 0 aliphatic heterocycles. The number of hydrogen-bond acceptors (Lipinski definition) is 7. The Morgan fingerprint density at radius 1 is 1.17 bits per heavy atom. The molecule has 7 heteroatoms. The Bertz CT molecular complexity index is 1130. The molecule has 6 nitrogen and oxygen atoms in total. The number of aliphatic hydroxyl groups is 1. The third-order valence-corrected chi connectivity index (χ3v) is 7.32. The van der Waals surface area contributed by atoms with Gasteiger partial charge in [0.05, 0.1) is 29.1 Å². The molecule has 190 valence electrons. The number of rotatable bonds is 9. The van der Waals surface area contributed by atoms with E-state index < -0.39 is 11.7 Å². The van der Waals surface area contributed by atoms with E-state index in [9.17, 15) is 5.11 Å². The number of benzene rings is 2. The van der Waals surface area contributed by atoms with Crippen molar-refractivity contribution < 1.29 is 19.3 Å². The molecule has 1 heterocycles. The molecule has 3 N–H and O–H groups in total. The summed E-state index contributed by atoms with van der Waals surface area (Å²) in [5, 5.41) is 12.1. The van der Waals surface area contributed by atoms with Gasteiger partial charge in [-0.3, -0.25) is 0 Å². The number of fused-ring (bicyclic) bond motifs is 1. The standard InChI is InChI=1S/C28H38N2O4S/c1-18(2)33-26-30-24-22(34-27(3,4)5)14-13-20(25(24)35-26)21(31)16-28(15-9-12-23(28)29)32-17-19-10-7-6-8-11-19/h6-8,10-11,13-14,18,21,23,31H,9,12,15-17,29H2,1-5H3/t21-,23+,28-/m1/s1. The number of ether oxygens (including phenoxy) is 3. The molecule has 1 aliphatic carbocycles. The molecular formula is C28H38N2O4S. The van der Waals surface area contributed by atoms with Gasteiger partial charge in [-0.15, -0.1) is 0 Å². The molecule has 4 rings (SSSR count). The minimum absolute atomic E-state index is 0.00191. The van der Waals surface area contributed by atoms with Crippen LogP contribution in [-0.2, 0) is 11.3 Å². The Balaban J connectivity index is 1.65. The zero-order valence-electron chi connectivity index (χ0n) is 21.4. The van der Waals surface area contributed by atoms with Crippen LogP contribution in [0.5, 0.6) is 10.9 Å². The smallest absolute Gasteiger partial charge is 0.274 e. The molecule has 3 aromatic rings. The van der Waals surface area contributed by atoms with Crippen molar-refractivity contribution in [3.63, 3.8) is 0 Å². The van der Waals surface area contributed by atoms with Gasteiger partial charge in [-0.25, -0.2) is 0 Å². The van der Waals surface area contributed by atoms with Gasteiger partial charge in [0.2, 0.25) is 0 Å². The van der Waals surface area contributed by atoms with Gasteiger partial charge in [0.15, 0.2) is 0 Å². The van der Waals surface area contributed by atoms with Crippen LogP contribution in [0.4, 0.5) is 0 Å². The lowest BCUT2D eigenvalue weighted by Gasteiger charge is -2.36. The van der Waals surface area contributed by atoms with Crippen LogP contribution in [0.25, 0.3) is 10.2 Å². The minimum atomic E-state index is -0.756. The highest BCUT2D eigenvalue weighted by atomic mass is 32.1. The molecular weight excluding hydrogens is 460 g/mol. The molecule has 0 unspecified atom stereocenters. The van der Waals surface area contributed by atoms with Crippen molar-refractivity contribution in [2.45, 2.75) is 96.4 Å². The molecule has 1 aromatic heterocycles. The fourth-order valence-corrected chi connectivity index (χ4v) is 5.83. The summed E-state index contributed by atoms with van der Waals surface area (Å²) in [5.74, 6) is 0.686. The zero-order valence-corrected chi connectivity index (χ0v) is 22.2. The highest BCUT2D eigenvalue weighted by molar-refractivity contribution is 7.20. The van der Waals surface area contributed by atoms with E-state index in [2.05, 4.69) is 12.1 Å².